The quantitative estimate of drug-likeness (QED) is 0.773. The minimum atomic E-state index is 0.726. The van der Waals surface area contributed by atoms with Gasteiger partial charge in [-0.2, -0.15) is 0 Å². The van der Waals surface area contributed by atoms with Gasteiger partial charge < -0.3 is 11.1 Å². The van der Waals surface area contributed by atoms with Crippen LogP contribution in [0.5, 0.6) is 0 Å². The highest BCUT2D eigenvalue weighted by molar-refractivity contribution is 4.85. The first kappa shape index (κ1) is 13.4. The molecule has 100 valence electrons. The average molecular weight is 238 g/mol. The van der Waals surface area contributed by atoms with Crippen molar-refractivity contribution in [1.82, 2.24) is 5.32 Å². The molecule has 0 aromatic rings. The maximum atomic E-state index is 5.83. The molecule has 0 saturated heterocycles. The van der Waals surface area contributed by atoms with Crippen LogP contribution in [0.15, 0.2) is 0 Å². The van der Waals surface area contributed by atoms with E-state index < -0.39 is 0 Å². The van der Waals surface area contributed by atoms with E-state index in [1.165, 1.54) is 57.9 Å². The van der Waals surface area contributed by atoms with Crippen LogP contribution >= 0.6 is 0 Å². The summed E-state index contributed by atoms with van der Waals surface area (Å²) < 4.78 is 0. The molecule has 0 aliphatic heterocycles. The van der Waals surface area contributed by atoms with Gasteiger partial charge in [-0.05, 0) is 56.5 Å². The Hall–Kier alpha value is -0.0800. The van der Waals surface area contributed by atoms with Crippen molar-refractivity contribution in [3.8, 4) is 0 Å². The third-order valence-corrected chi connectivity index (χ3v) is 5.17. The Kier molecular flexibility index (Phi) is 5.30. The molecule has 2 rings (SSSR count). The van der Waals surface area contributed by atoms with Crippen molar-refractivity contribution in [3.05, 3.63) is 0 Å². The van der Waals surface area contributed by atoms with Crippen molar-refractivity contribution in [2.24, 2.45) is 23.5 Å². The molecule has 2 nitrogen and oxygen atoms in total. The molecule has 0 bridgehead atoms. The summed E-state index contributed by atoms with van der Waals surface area (Å²) in [4.78, 5) is 0. The second-order valence-electron chi connectivity index (χ2n) is 6.24. The van der Waals surface area contributed by atoms with Gasteiger partial charge in [0.15, 0.2) is 0 Å². The third-order valence-electron chi connectivity index (χ3n) is 5.17. The standard InChI is InChI=1S/C15H30N2/c1-2-12-6-8-13(9-7-12)11-17-15-5-3-4-14(15)10-16/h12-15,17H,2-11,16H2,1H3. The van der Waals surface area contributed by atoms with E-state index in [0.29, 0.717) is 0 Å². The Morgan fingerprint density at radius 2 is 1.71 bits per heavy atom. The highest BCUT2D eigenvalue weighted by atomic mass is 14.9. The first-order chi connectivity index (χ1) is 8.33. The molecule has 17 heavy (non-hydrogen) atoms. The fraction of sp³-hybridized carbons (Fsp3) is 1.00. The Morgan fingerprint density at radius 1 is 1.00 bits per heavy atom. The van der Waals surface area contributed by atoms with Crippen molar-refractivity contribution in [2.75, 3.05) is 13.1 Å². The highest BCUT2D eigenvalue weighted by Crippen LogP contribution is 2.31. The first-order valence-electron chi connectivity index (χ1n) is 7.77. The predicted octanol–water partition coefficient (Wildman–Crippen LogP) is 2.92. The van der Waals surface area contributed by atoms with Crippen LogP contribution in [0.1, 0.15) is 58.3 Å². The maximum absolute atomic E-state index is 5.83. The fourth-order valence-corrected chi connectivity index (χ4v) is 3.75. The minimum Gasteiger partial charge on any atom is -0.330 e. The van der Waals surface area contributed by atoms with Crippen LogP contribution in [-0.2, 0) is 0 Å². The zero-order valence-electron chi connectivity index (χ0n) is 11.5. The molecule has 2 unspecified atom stereocenters. The summed E-state index contributed by atoms with van der Waals surface area (Å²) in [7, 11) is 0. The lowest BCUT2D eigenvalue weighted by molar-refractivity contribution is 0.250. The fourth-order valence-electron chi connectivity index (χ4n) is 3.75. The van der Waals surface area contributed by atoms with E-state index in [4.69, 9.17) is 5.73 Å². The number of nitrogens with one attached hydrogen (secondary N) is 1. The van der Waals surface area contributed by atoms with E-state index in [1.54, 1.807) is 0 Å². The van der Waals surface area contributed by atoms with Gasteiger partial charge in [-0.15, -0.1) is 0 Å². The van der Waals surface area contributed by atoms with Crippen molar-refractivity contribution in [2.45, 2.75) is 64.3 Å². The Labute approximate surface area is 107 Å². The highest BCUT2D eigenvalue weighted by Gasteiger charge is 2.27. The van der Waals surface area contributed by atoms with Gasteiger partial charge >= 0.3 is 0 Å². The van der Waals surface area contributed by atoms with Gasteiger partial charge in [-0.25, -0.2) is 0 Å². The molecule has 2 heteroatoms. The van der Waals surface area contributed by atoms with E-state index in [0.717, 1.165) is 30.3 Å². The van der Waals surface area contributed by atoms with Gasteiger partial charge in [-0.3, -0.25) is 0 Å². The number of nitrogens with two attached hydrogens (primary N) is 1. The summed E-state index contributed by atoms with van der Waals surface area (Å²) in [6, 6.07) is 0.726. The zero-order valence-corrected chi connectivity index (χ0v) is 11.5. The topological polar surface area (TPSA) is 38.0 Å². The molecule has 2 aliphatic rings. The normalized spacial score (nSPS) is 38.5. The molecule has 0 spiro atoms. The monoisotopic (exact) mass is 238 g/mol. The van der Waals surface area contributed by atoms with Crippen LogP contribution in [0.25, 0.3) is 0 Å². The van der Waals surface area contributed by atoms with Crippen LogP contribution in [-0.4, -0.2) is 19.1 Å². The largest absolute Gasteiger partial charge is 0.330 e. The minimum absolute atomic E-state index is 0.726. The zero-order chi connectivity index (χ0) is 12.1. The molecule has 2 saturated carbocycles. The summed E-state index contributed by atoms with van der Waals surface area (Å²) in [5.41, 5.74) is 5.83. The molecule has 0 aromatic heterocycles. The van der Waals surface area contributed by atoms with Gasteiger partial charge in [0.05, 0.1) is 0 Å². The van der Waals surface area contributed by atoms with Crippen molar-refractivity contribution >= 4 is 0 Å². The summed E-state index contributed by atoms with van der Waals surface area (Å²) >= 11 is 0. The SMILES string of the molecule is CCC1CCC(CNC2CCCC2CN)CC1. The van der Waals surface area contributed by atoms with Crippen LogP contribution in [0.3, 0.4) is 0 Å². The maximum Gasteiger partial charge on any atom is 0.0107 e. The molecule has 3 N–H and O–H groups in total. The molecular formula is C15H30N2. The Balaban J connectivity index is 1.65. The van der Waals surface area contributed by atoms with Gasteiger partial charge in [0.1, 0.15) is 0 Å². The molecule has 0 radical (unpaired) electrons. The van der Waals surface area contributed by atoms with Crippen LogP contribution in [0.4, 0.5) is 0 Å². The van der Waals surface area contributed by atoms with Crippen LogP contribution in [0, 0.1) is 17.8 Å². The van der Waals surface area contributed by atoms with Crippen LogP contribution < -0.4 is 11.1 Å². The van der Waals surface area contributed by atoms with E-state index in [-0.39, 0.29) is 0 Å². The first-order valence-corrected chi connectivity index (χ1v) is 7.77. The van der Waals surface area contributed by atoms with Crippen molar-refractivity contribution < 1.29 is 0 Å². The molecule has 2 aliphatic carbocycles. The van der Waals surface area contributed by atoms with E-state index in [9.17, 15) is 0 Å². The molecule has 0 aromatic carbocycles. The van der Waals surface area contributed by atoms with Crippen molar-refractivity contribution in [3.63, 3.8) is 0 Å². The van der Waals surface area contributed by atoms with Gasteiger partial charge in [0, 0.05) is 6.04 Å². The summed E-state index contributed by atoms with van der Waals surface area (Å²) in [6.07, 6.45) is 11.3. The van der Waals surface area contributed by atoms with Crippen molar-refractivity contribution in [1.29, 1.82) is 0 Å². The molecule has 2 atom stereocenters. The summed E-state index contributed by atoms with van der Waals surface area (Å²) in [5, 5.41) is 3.81. The van der Waals surface area contributed by atoms with E-state index in [1.807, 2.05) is 0 Å². The third kappa shape index (κ3) is 3.69. The van der Waals surface area contributed by atoms with Gasteiger partial charge in [-0.1, -0.05) is 32.6 Å². The summed E-state index contributed by atoms with van der Waals surface area (Å²) in [6.45, 7) is 4.46. The molecule has 0 amide bonds. The van der Waals surface area contributed by atoms with E-state index in [2.05, 4.69) is 12.2 Å². The molecule has 2 fully saturated rings. The second kappa shape index (κ2) is 6.75. The van der Waals surface area contributed by atoms with Crippen LogP contribution in [0.2, 0.25) is 0 Å². The van der Waals surface area contributed by atoms with Gasteiger partial charge in [0.2, 0.25) is 0 Å². The average Bonchev–Trinajstić information content (AvgIpc) is 2.84. The van der Waals surface area contributed by atoms with Gasteiger partial charge in [0.25, 0.3) is 0 Å². The number of hydrogen-bond donors (Lipinski definition) is 2. The smallest absolute Gasteiger partial charge is 0.0107 e. The number of hydrogen-bond acceptors (Lipinski definition) is 2. The number of rotatable bonds is 5. The van der Waals surface area contributed by atoms with E-state index >= 15 is 0 Å². The summed E-state index contributed by atoms with van der Waals surface area (Å²) in [5.74, 6) is 2.72. The predicted molar refractivity (Wildman–Crippen MR) is 73.9 cm³/mol. The molecule has 0 heterocycles. The lowest BCUT2D eigenvalue weighted by Gasteiger charge is -2.30. The second-order valence-corrected chi connectivity index (χ2v) is 6.24. The Bertz CT molecular complexity index is 209. The lowest BCUT2D eigenvalue weighted by atomic mass is 9.81. The Morgan fingerprint density at radius 3 is 2.35 bits per heavy atom. The molecular weight excluding hydrogens is 208 g/mol. The lowest BCUT2D eigenvalue weighted by Crippen LogP contribution is -2.39.